The Balaban J connectivity index is 2.23. The fourth-order valence-corrected chi connectivity index (χ4v) is 2.37. The molecule has 2 heterocycles. The van der Waals surface area contributed by atoms with Gasteiger partial charge in [0.25, 0.3) is 0 Å². The minimum Gasteiger partial charge on any atom is -0.418 e. The zero-order valence-electron chi connectivity index (χ0n) is 11.6. The van der Waals surface area contributed by atoms with Crippen LogP contribution in [-0.4, -0.2) is 26.9 Å². The molecule has 4 N–H and O–H groups in total. The minimum absolute atomic E-state index is 0.00896. The number of carbonyl (C=O) groups excluding carboxylic acids is 2. The van der Waals surface area contributed by atoms with Gasteiger partial charge in [-0.25, -0.2) is 9.59 Å². The molecule has 0 spiro atoms. The summed E-state index contributed by atoms with van der Waals surface area (Å²) in [7, 11) is 0. The van der Waals surface area contributed by atoms with Crippen LogP contribution < -0.4 is 20.9 Å². The summed E-state index contributed by atoms with van der Waals surface area (Å²) in [5.41, 5.74) is 11.2. The number of halogens is 2. The number of aromatic nitrogens is 3. The fourth-order valence-electron chi connectivity index (χ4n) is 1.87. The zero-order chi connectivity index (χ0) is 17.4. The molecular formula is C13H7Cl2N5O4. The van der Waals surface area contributed by atoms with E-state index in [4.69, 9.17) is 44.1 Å². The predicted octanol–water partition coefficient (Wildman–Crippen LogP) is 1.39. The largest absolute Gasteiger partial charge is 0.418 e. The molecule has 3 rings (SSSR count). The van der Waals surface area contributed by atoms with Gasteiger partial charge in [0, 0.05) is 17.7 Å². The van der Waals surface area contributed by atoms with Crippen LogP contribution in [0.25, 0.3) is 11.4 Å². The first kappa shape index (κ1) is 16.0. The SMILES string of the molecule is Nc1nc(N)nc(-c2cc(Cl)c3c(c2Cl)OC(=O)/C=C\C(=O)O3)n1. The van der Waals surface area contributed by atoms with Gasteiger partial charge in [0.1, 0.15) is 0 Å². The minimum atomic E-state index is -0.835. The topological polar surface area (TPSA) is 143 Å². The molecule has 24 heavy (non-hydrogen) atoms. The molecule has 0 aliphatic carbocycles. The number of nitrogen functional groups attached to an aromatic ring is 2. The Labute approximate surface area is 144 Å². The van der Waals surface area contributed by atoms with E-state index in [1.54, 1.807) is 0 Å². The molecule has 0 unspecified atom stereocenters. The Morgan fingerprint density at radius 3 is 2.00 bits per heavy atom. The summed E-state index contributed by atoms with van der Waals surface area (Å²) in [6, 6.07) is 1.32. The fraction of sp³-hybridized carbons (Fsp3) is 0. The van der Waals surface area contributed by atoms with E-state index in [9.17, 15) is 9.59 Å². The van der Waals surface area contributed by atoms with Crippen LogP contribution in [0, 0.1) is 0 Å². The van der Waals surface area contributed by atoms with Crippen molar-refractivity contribution in [1.29, 1.82) is 0 Å². The monoisotopic (exact) mass is 367 g/mol. The molecule has 9 nitrogen and oxygen atoms in total. The predicted molar refractivity (Wildman–Crippen MR) is 84.5 cm³/mol. The van der Waals surface area contributed by atoms with E-state index in [2.05, 4.69) is 15.0 Å². The van der Waals surface area contributed by atoms with Gasteiger partial charge < -0.3 is 20.9 Å². The van der Waals surface area contributed by atoms with Gasteiger partial charge in [0.2, 0.25) is 11.9 Å². The molecule has 1 aliphatic rings. The maximum atomic E-state index is 11.7. The summed E-state index contributed by atoms with van der Waals surface area (Å²) in [6.07, 6.45) is 1.79. The lowest BCUT2D eigenvalue weighted by atomic mass is 10.1. The summed E-state index contributed by atoms with van der Waals surface area (Å²) >= 11 is 12.3. The summed E-state index contributed by atoms with van der Waals surface area (Å²) in [5.74, 6) is -2.37. The average molecular weight is 368 g/mol. The van der Waals surface area contributed by atoms with E-state index in [-0.39, 0.29) is 44.8 Å². The van der Waals surface area contributed by atoms with Crippen LogP contribution in [0.4, 0.5) is 11.9 Å². The summed E-state index contributed by atoms with van der Waals surface area (Å²) in [6.45, 7) is 0. The first-order chi connectivity index (χ1) is 11.3. The normalized spacial score (nSPS) is 14.9. The van der Waals surface area contributed by atoms with Crippen molar-refractivity contribution in [3.63, 3.8) is 0 Å². The van der Waals surface area contributed by atoms with E-state index in [0.29, 0.717) is 0 Å². The van der Waals surface area contributed by atoms with Crippen LogP contribution >= 0.6 is 23.2 Å². The highest BCUT2D eigenvalue weighted by molar-refractivity contribution is 6.38. The Morgan fingerprint density at radius 1 is 0.875 bits per heavy atom. The summed E-state index contributed by atoms with van der Waals surface area (Å²) in [5, 5.41) is -0.172. The van der Waals surface area contributed by atoms with Crippen molar-refractivity contribution >= 4 is 47.0 Å². The van der Waals surface area contributed by atoms with Gasteiger partial charge in [-0.3, -0.25) is 0 Å². The number of fused-ring (bicyclic) bond motifs is 1. The second-order valence-electron chi connectivity index (χ2n) is 4.43. The second kappa shape index (κ2) is 5.95. The first-order valence-corrected chi connectivity index (χ1v) is 7.02. The number of esters is 2. The third-order valence-electron chi connectivity index (χ3n) is 2.80. The molecule has 0 radical (unpaired) electrons. The Morgan fingerprint density at radius 2 is 1.42 bits per heavy atom. The molecule has 122 valence electrons. The van der Waals surface area contributed by atoms with Crippen molar-refractivity contribution in [3.05, 3.63) is 28.3 Å². The number of hydrogen-bond donors (Lipinski definition) is 2. The first-order valence-electron chi connectivity index (χ1n) is 6.26. The molecule has 11 heteroatoms. The number of rotatable bonds is 1. The van der Waals surface area contributed by atoms with Crippen molar-refractivity contribution < 1.29 is 19.1 Å². The van der Waals surface area contributed by atoms with Crippen LogP contribution in [0.2, 0.25) is 10.0 Å². The van der Waals surface area contributed by atoms with E-state index >= 15 is 0 Å². The van der Waals surface area contributed by atoms with Crippen LogP contribution in [0.1, 0.15) is 0 Å². The maximum absolute atomic E-state index is 11.7. The molecule has 2 aromatic rings. The molecule has 0 amide bonds. The van der Waals surface area contributed by atoms with Crippen molar-refractivity contribution in [2.45, 2.75) is 0 Å². The zero-order valence-corrected chi connectivity index (χ0v) is 13.1. The molecular weight excluding hydrogens is 361 g/mol. The Bertz CT molecular complexity index is 895. The van der Waals surface area contributed by atoms with Gasteiger partial charge in [-0.15, -0.1) is 0 Å². The van der Waals surface area contributed by atoms with Crippen molar-refractivity contribution in [2.75, 3.05) is 11.5 Å². The van der Waals surface area contributed by atoms with Gasteiger partial charge in [0.05, 0.1) is 10.0 Å². The standard InChI is InChI=1S/C13H7Cl2N5O4/c14-5-3-4(11-18-12(16)20-13(17)19-11)8(15)10-9(5)23-6(21)1-2-7(22)24-10/h1-3H,(H4,16,17,18,19,20)/b2-1-. The molecule has 0 fully saturated rings. The van der Waals surface area contributed by atoms with Crippen molar-refractivity contribution in [3.8, 4) is 22.9 Å². The Hall–Kier alpha value is -2.91. The molecule has 0 bridgehead atoms. The lowest BCUT2D eigenvalue weighted by Crippen LogP contribution is -2.14. The average Bonchev–Trinajstić information content (AvgIpc) is 2.49. The lowest BCUT2D eigenvalue weighted by Gasteiger charge is -2.16. The van der Waals surface area contributed by atoms with Crippen molar-refractivity contribution in [1.82, 2.24) is 15.0 Å². The number of ether oxygens (including phenoxy) is 2. The smallest absolute Gasteiger partial charge is 0.336 e. The number of hydrogen-bond acceptors (Lipinski definition) is 9. The number of nitrogens with two attached hydrogens (primary N) is 2. The quantitative estimate of drug-likeness (QED) is 0.563. The number of anilines is 2. The lowest BCUT2D eigenvalue weighted by molar-refractivity contribution is -0.133. The van der Waals surface area contributed by atoms with Crippen LogP contribution in [0.3, 0.4) is 0 Å². The van der Waals surface area contributed by atoms with E-state index in [1.807, 2.05) is 0 Å². The van der Waals surface area contributed by atoms with Gasteiger partial charge in [-0.05, 0) is 6.07 Å². The van der Waals surface area contributed by atoms with E-state index < -0.39 is 11.9 Å². The molecule has 0 saturated heterocycles. The summed E-state index contributed by atoms with van der Waals surface area (Å²) < 4.78 is 10.1. The summed E-state index contributed by atoms with van der Waals surface area (Å²) in [4.78, 5) is 34.7. The number of nitrogens with zero attached hydrogens (tertiary/aromatic N) is 3. The van der Waals surface area contributed by atoms with Gasteiger partial charge >= 0.3 is 11.9 Å². The van der Waals surface area contributed by atoms with Crippen molar-refractivity contribution in [2.24, 2.45) is 0 Å². The van der Waals surface area contributed by atoms with Gasteiger partial charge in [-0.2, -0.15) is 15.0 Å². The van der Waals surface area contributed by atoms with E-state index in [1.165, 1.54) is 6.07 Å². The van der Waals surface area contributed by atoms with Crippen LogP contribution in [0.5, 0.6) is 11.5 Å². The van der Waals surface area contributed by atoms with E-state index in [0.717, 1.165) is 12.2 Å². The molecule has 0 saturated carbocycles. The third-order valence-corrected chi connectivity index (χ3v) is 3.46. The van der Waals surface area contributed by atoms with Crippen LogP contribution in [-0.2, 0) is 9.59 Å². The number of carbonyl (C=O) groups is 2. The highest BCUT2D eigenvalue weighted by atomic mass is 35.5. The van der Waals surface area contributed by atoms with Crippen LogP contribution in [0.15, 0.2) is 18.2 Å². The molecule has 0 atom stereocenters. The molecule has 1 aromatic heterocycles. The van der Waals surface area contributed by atoms with Gasteiger partial charge in [0.15, 0.2) is 17.3 Å². The highest BCUT2D eigenvalue weighted by Crippen LogP contribution is 2.46. The maximum Gasteiger partial charge on any atom is 0.336 e. The Kier molecular flexibility index (Phi) is 3.96. The van der Waals surface area contributed by atoms with Gasteiger partial charge in [-0.1, -0.05) is 23.2 Å². The molecule has 1 aliphatic heterocycles. The third kappa shape index (κ3) is 2.94. The highest BCUT2D eigenvalue weighted by Gasteiger charge is 2.26. The second-order valence-corrected chi connectivity index (χ2v) is 5.21. The number of benzene rings is 1. The molecule has 1 aromatic carbocycles.